The molecule has 1 N–H and O–H groups in total. The van der Waals surface area contributed by atoms with Crippen LogP contribution in [0.15, 0.2) is 24.3 Å². The molecule has 22 heavy (non-hydrogen) atoms. The van der Waals surface area contributed by atoms with Gasteiger partial charge in [0, 0.05) is 12.0 Å². The van der Waals surface area contributed by atoms with E-state index in [1.54, 1.807) is 6.08 Å². The number of hydrogen-bond acceptors (Lipinski definition) is 3. The van der Waals surface area contributed by atoms with Crippen LogP contribution in [0, 0.1) is 11.8 Å². The molecule has 1 aliphatic carbocycles. The molecule has 3 nitrogen and oxygen atoms in total. The molecule has 2 atom stereocenters. The van der Waals surface area contributed by atoms with Crippen molar-refractivity contribution in [2.75, 3.05) is 6.61 Å². The number of aliphatic hydroxyl groups excluding tert-OH is 1. The van der Waals surface area contributed by atoms with Gasteiger partial charge in [-0.1, -0.05) is 57.8 Å². The second kappa shape index (κ2) is 10.6. The van der Waals surface area contributed by atoms with E-state index in [-0.39, 0.29) is 18.0 Å². The molecule has 1 rings (SSSR count). The highest BCUT2D eigenvalue weighted by molar-refractivity contribution is 5.81. The molecule has 0 aromatic rings. The van der Waals surface area contributed by atoms with Crippen molar-refractivity contribution >= 4 is 5.97 Å². The third kappa shape index (κ3) is 6.78. The Bertz CT molecular complexity index is 367. The van der Waals surface area contributed by atoms with Crippen molar-refractivity contribution in [2.45, 2.75) is 71.3 Å². The third-order valence-electron chi connectivity index (χ3n) is 4.67. The zero-order chi connectivity index (χ0) is 16.4. The lowest BCUT2D eigenvalue weighted by molar-refractivity contribution is -0.137. The van der Waals surface area contributed by atoms with E-state index in [1.807, 2.05) is 6.92 Å². The first kappa shape index (κ1) is 19.0. The summed E-state index contributed by atoms with van der Waals surface area (Å²) in [6.07, 6.45) is 11.5. The number of allylic oxidation sites excluding steroid dienone is 1. The smallest absolute Gasteiger partial charge is 0.330 e. The molecule has 0 radical (unpaired) electrons. The van der Waals surface area contributed by atoms with E-state index in [4.69, 9.17) is 4.74 Å². The minimum Gasteiger partial charge on any atom is -0.463 e. The molecule has 0 heterocycles. The van der Waals surface area contributed by atoms with E-state index in [0.29, 0.717) is 18.9 Å². The lowest BCUT2D eigenvalue weighted by atomic mass is 9.78. The molecular formula is C19H32O3. The zero-order valence-corrected chi connectivity index (χ0v) is 14.2. The average molecular weight is 308 g/mol. The number of esters is 1. The normalized spacial score (nSPS) is 19.0. The first-order valence-electron chi connectivity index (χ1n) is 8.75. The number of unbranched alkanes of at least 4 members (excludes halogenated alkanes) is 1. The largest absolute Gasteiger partial charge is 0.463 e. The molecule has 1 saturated carbocycles. The van der Waals surface area contributed by atoms with Gasteiger partial charge in [0.25, 0.3) is 0 Å². The summed E-state index contributed by atoms with van der Waals surface area (Å²) in [7, 11) is 0. The van der Waals surface area contributed by atoms with Gasteiger partial charge >= 0.3 is 5.97 Å². The Hall–Kier alpha value is -1.09. The Morgan fingerprint density at radius 3 is 2.68 bits per heavy atom. The molecule has 0 aromatic heterocycles. The van der Waals surface area contributed by atoms with Gasteiger partial charge in [-0.15, -0.1) is 0 Å². The fourth-order valence-electron chi connectivity index (χ4n) is 2.98. The van der Waals surface area contributed by atoms with Gasteiger partial charge < -0.3 is 9.84 Å². The number of carbonyl (C=O) groups excluding carboxylic acids is 1. The predicted molar refractivity (Wildman–Crippen MR) is 90.5 cm³/mol. The molecule has 0 amide bonds. The maximum atomic E-state index is 11.5. The summed E-state index contributed by atoms with van der Waals surface area (Å²) in [6.45, 7) is 8.66. The van der Waals surface area contributed by atoms with E-state index in [0.717, 1.165) is 31.3 Å². The summed E-state index contributed by atoms with van der Waals surface area (Å²) in [5.74, 6) is 0.189. The Morgan fingerprint density at radius 1 is 1.36 bits per heavy atom. The van der Waals surface area contributed by atoms with Crippen molar-refractivity contribution in [3.63, 3.8) is 0 Å². The SMILES string of the molecule is C=C(C/C=C/C(=O)OCCCC)[C@@H](C)[C@@H](O)C1CCCCC1. The van der Waals surface area contributed by atoms with E-state index < -0.39 is 0 Å². The Kier molecular flexibility index (Phi) is 9.14. The maximum Gasteiger partial charge on any atom is 0.330 e. The molecule has 3 heteroatoms. The first-order chi connectivity index (χ1) is 10.6. The van der Waals surface area contributed by atoms with Crippen molar-refractivity contribution in [3.05, 3.63) is 24.3 Å². The van der Waals surface area contributed by atoms with Gasteiger partial charge in [0.1, 0.15) is 0 Å². The van der Waals surface area contributed by atoms with Crippen LogP contribution in [-0.4, -0.2) is 23.8 Å². The number of carbonyl (C=O) groups is 1. The fourth-order valence-corrected chi connectivity index (χ4v) is 2.98. The summed E-state index contributed by atoms with van der Waals surface area (Å²) >= 11 is 0. The lowest BCUT2D eigenvalue weighted by Gasteiger charge is -2.31. The number of aliphatic hydroxyl groups is 1. The van der Waals surface area contributed by atoms with Gasteiger partial charge in [0.15, 0.2) is 0 Å². The van der Waals surface area contributed by atoms with Gasteiger partial charge in [-0.25, -0.2) is 4.79 Å². The third-order valence-corrected chi connectivity index (χ3v) is 4.67. The minimum absolute atomic E-state index is 0.0730. The zero-order valence-electron chi connectivity index (χ0n) is 14.2. The van der Waals surface area contributed by atoms with Crippen molar-refractivity contribution in [2.24, 2.45) is 11.8 Å². The number of ether oxygens (including phenoxy) is 1. The summed E-state index contributed by atoms with van der Waals surface area (Å²) in [5.41, 5.74) is 0.982. The van der Waals surface area contributed by atoms with Gasteiger partial charge in [0.2, 0.25) is 0 Å². The average Bonchev–Trinajstić information content (AvgIpc) is 2.54. The summed E-state index contributed by atoms with van der Waals surface area (Å²) < 4.78 is 5.06. The van der Waals surface area contributed by atoms with E-state index in [1.165, 1.54) is 25.3 Å². The lowest BCUT2D eigenvalue weighted by Crippen LogP contribution is -2.30. The van der Waals surface area contributed by atoms with Crippen molar-refractivity contribution in [1.82, 2.24) is 0 Å². The van der Waals surface area contributed by atoms with Crippen LogP contribution in [0.3, 0.4) is 0 Å². The van der Waals surface area contributed by atoms with Gasteiger partial charge in [-0.05, 0) is 31.6 Å². The molecule has 1 aliphatic rings. The Balaban J connectivity index is 2.32. The topological polar surface area (TPSA) is 46.5 Å². The number of hydrogen-bond donors (Lipinski definition) is 1. The molecule has 0 bridgehead atoms. The highest BCUT2D eigenvalue weighted by Crippen LogP contribution is 2.32. The molecule has 0 aromatic carbocycles. The standard InChI is InChI=1S/C19H32O3/c1-4-5-14-22-18(20)13-9-10-15(2)16(3)19(21)17-11-7-6-8-12-17/h9,13,16-17,19,21H,2,4-8,10-12,14H2,1,3H3/b13-9+/t16-,19-/m1/s1. The van der Waals surface area contributed by atoms with E-state index >= 15 is 0 Å². The quantitative estimate of drug-likeness (QED) is 0.297. The minimum atomic E-state index is -0.308. The molecule has 1 fully saturated rings. The highest BCUT2D eigenvalue weighted by atomic mass is 16.5. The summed E-state index contributed by atoms with van der Waals surface area (Å²) in [6, 6.07) is 0. The van der Waals surface area contributed by atoms with Crippen LogP contribution in [0.25, 0.3) is 0 Å². The van der Waals surface area contributed by atoms with Gasteiger partial charge in [0.05, 0.1) is 12.7 Å². The maximum absolute atomic E-state index is 11.5. The van der Waals surface area contributed by atoms with Crippen LogP contribution in [-0.2, 0) is 9.53 Å². The van der Waals surface area contributed by atoms with Crippen LogP contribution in [0.1, 0.15) is 65.2 Å². The molecule has 126 valence electrons. The van der Waals surface area contributed by atoms with Gasteiger partial charge in [-0.2, -0.15) is 0 Å². The van der Waals surface area contributed by atoms with E-state index in [2.05, 4.69) is 13.5 Å². The second-order valence-corrected chi connectivity index (χ2v) is 6.46. The van der Waals surface area contributed by atoms with Crippen LogP contribution in [0.4, 0.5) is 0 Å². The van der Waals surface area contributed by atoms with Crippen molar-refractivity contribution < 1.29 is 14.6 Å². The first-order valence-corrected chi connectivity index (χ1v) is 8.75. The molecule has 0 spiro atoms. The van der Waals surface area contributed by atoms with Crippen LogP contribution in [0.2, 0.25) is 0 Å². The fraction of sp³-hybridized carbons (Fsp3) is 0.737. The second-order valence-electron chi connectivity index (χ2n) is 6.46. The molecule has 0 aliphatic heterocycles. The predicted octanol–water partition coefficient (Wildman–Crippen LogP) is 4.41. The molecule has 0 unspecified atom stereocenters. The molecule has 0 saturated heterocycles. The van der Waals surface area contributed by atoms with E-state index in [9.17, 15) is 9.90 Å². The van der Waals surface area contributed by atoms with Crippen molar-refractivity contribution in [1.29, 1.82) is 0 Å². The monoisotopic (exact) mass is 308 g/mol. The highest BCUT2D eigenvalue weighted by Gasteiger charge is 2.27. The summed E-state index contributed by atoms with van der Waals surface area (Å²) in [4.78, 5) is 11.5. The number of rotatable bonds is 9. The van der Waals surface area contributed by atoms with Crippen LogP contribution < -0.4 is 0 Å². The van der Waals surface area contributed by atoms with Gasteiger partial charge in [-0.3, -0.25) is 0 Å². The Labute approximate surface area is 135 Å². The Morgan fingerprint density at radius 2 is 2.05 bits per heavy atom. The van der Waals surface area contributed by atoms with Crippen molar-refractivity contribution in [3.8, 4) is 0 Å². The molecular weight excluding hydrogens is 276 g/mol. The van der Waals surface area contributed by atoms with Crippen LogP contribution in [0.5, 0.6) is 0 Å². The summed E-state index contributed by atoms with van der Waals surface area (Å²) in [5, 5.41) is 10.5. The van der Waals surface area contributed by atoms with Crippen LogP contribution >= 0.6 is 0 Å².